The van der Waals surface area contributed by atoms with Gasteiger partial charge in [-0.2, -0.15) is 13.2 Å². The summed E-state index contributed by atoms with van der Waals surface area (Å²) in [7, 11) is 3.12. The van der Waals surface area contributed by atoms with Crippen molar-refractivity contribution >= 4 is 40.7 Å². The highest BCUT2D eigenvalue weighted by atomic mass is 35.5. The quantitative estimate of drug-likeness (QED) is 0.155. The van der Waals surface area contributed by atoms with E-state index in [2.05, 4.69) is 4.90 Å². The maximum absolute atomic E-state index is 13.6. The fourth-order valence-electron chi connectivity index (χ4n) is 5.53. The zero-order chi connectivity index (χ0) is 31.4. The van der Waals surface area contributed by atoms with Crippen molar-refractivity contribution in [2.75, 3.05) is 58.5 Å². The van der Waals surface area contributed by atoms with Crippen LogP contribution in [-0.2, 0) is 22.3 Å². The minimum atomic E-state index is -4.38. The molecule has 0 atom stereocenters. The first-order valence-electron chi connectivity index (χ1n) is 14.2. The van der Waals surface area contributed by atoms with Crippen LogP contribution in [0.5, 0.6) is 11.5 Å². The second-order valence-electron chi connectivity index (χ2n) is 10.6. The summed E-state index contributed by atoms with van der Waals surface area (Å²) in [6.07, 6.45) is -4.38. The molecule has 0 aliphatic carbocycles. The molecule has 0 amide bonds. The predicted molar refractivity (Wildman–Crippen MR) is 168 cm³/mol. The zero-order valence-corrected chi connectivity index (χ0v) is 26.0. The molecule has 45 heavy (non-hydrogen) atoms. The van der Waals surface area contributed by atoms with Crippen molar-refractivity contribution in [2.24, 2.45) is 0 Å². The smallest absolute Gasteiger partial charge is 0.416 e. The molecule has 240 valence electrons. The van der Waals surface area contributed by atoms with Gasteiger partial charge in [0.25, 0.3) is 0 Å². The zero-order valence-electron chi connectivity index (χ0n) is 25.2. The largest absolute Gasteiger partial charge is 0.497 e. The molecule has 1 aromatic heterocycles. The number of rotatable bonds is 10. The van der Waals surface area contributed by atoms with E-state index >= 15 is 0 Å². The summed E-state index contributed by atoms with van der Waals surface area (Å²) < 4.78 is 57.3. The normalized spacial score (nSPS) is 13.8. The molecular formula is C33H35ClF3N3O5. The molecule has 0 unspecified atom stereocenters. The summed E-state index contributed by atoms with van der Waals surface area (Å²) in [5.41, 5.74) is 2.20. The van der Waals surface area contributed by atoms with Crippen molar-refractivity contribution in [2.45, 2.75) is 19.6 Å². The average Bonchev–Trinajstić information content (AvgIpc) is 3.30. The number of alkyl halides is 3. The summed E-state index contributed by atoms with van der Waals surface area (Å²) in [4.78, 5) is 30.6. The van der Waals surface area contributed by atoms with Crippen molar-refractivity contribution in [1.82, 2.24) is 9.47 Å². The SMILES string of the molecule is COc1ccc(C(=O)c2c(C)n(CC(=O)OCCN3CCN(c4cccc(C(F)(F)F)c4)CC3)c3cc(OC)ccc23)cc1.Cl. The molecule has 1 aliphatic heterocycles. The van der Waals surface area contributed by atoms with E-state index in [1.54, 1.807) is 68.2 Å². The van der Waals surface area contributed by atoms with Gasteiger partial charge in [-0.1, -0.05) is 6.07 Å². The lowest BCUT2D eigenvalue weighted by molar-refractivity contribution is -0.144. The predicted octanol–water partition coefficient (Wildman–Crippen LogP) is 6.00. The maximum atomic E-state index is 13.6. The summed E-state index contributed by atoms with van der Waals surface area (Å²) in [5, 5.41) is 0.704. The Morgan fingerprint density at radius 2 is 1.53 bits per heavy atom. The van der Waals surface area contributed by atoms with Crippen LogP contribution >= 0.6 is 12.4 Å². The number of ketones is 1. The minimum Gasteiger partial charge on any atom is -0.497 e. The second-order valence-corrected chi connectivity index (χ2v) is 10.6. The number of carbonyl (C=O) groups is 2. The molecule has 5 rings (SSSR count). The molecule has 2 heterocycles. The van der Waals surface area contributed by atoms with Crippen molar-refractivity contribution in [1.29, 1.82) is 0 Å². The number of esters is 1. The van der Waals surface area contributed by atoms with Crippen LogP contribution in [0.2, 0.25) is 0 Å². The number of nitrogens with zero attached hydrogens (tertiary/aromatic N) is 3. The number of methoxy groups -OCH3 is 2. The summed E-state index contributed by atoms with van der Waals surface area (Å²) in [5.74, 6) is 0.624. The molecule has 1 fully saturated rings. The second kappa shape index (κ2) is 14.3. The van der Waals surface area contributed by atoms with E-state index in [1.807, 2.05) is 11.0 Å². The minimum absolute atomic E-state index is 0. The molecule has 0 saturated carbocycles. The lowest BCUT2D eigenvalue weighted by atomic mass is 10.0. The van der Waals surface area contributed by atoms with Crippen molar-refractivity contribution in [3.05, 3.63) is 89.1 Å². The third kappa shape index (κ3) is 7.54. The number of aromatic nitrogens is 1. The van der Waals surface area contributed by atoms with E-state index in [1.165, 1.54) is 12.1 Å². The number of hydrogen-bond acceptors (Lipinski definition) is 7. The fraction of sp³-hybridized carbons (Fsp3) is 0.333. The molecule has 12 heteroatoms. The van der Waals surface area contributed by atoms with E-state index in [-0.39, 0.29) is 31.3 Å². The van der Waals surface area contributed by atoms with Gasteiger partial charge in [-0.25, -0.2) is 0 Å². The highest BCUT2D eigenvalue weighted by Crippen LogP contribution is 2.33. The maximum Gasteiger partial charge on any atom is 0.416 e. The van der Waals surface area contributed by atoms with Gasteiger partial charge in [0, 0.05) is 61.1 Å². The van der Waals surface area contributed by atoms with Crippen LogP contribution < -0.4 is 14.4 Å². The summed E-state index contributed by atoms with van der Waals surface area (Å²) >= 11 is 0. The van der Waals surface area contributed by atoms with Gasteiger partial charge < -0.3 is 23.7 Å². The third-order valence-corrected chi connectivity index (χ3v) is 7.98. The van der Waals surface area contributed by atoms with Crippen LogP contribution in [-0.4, -0.2) is 74.8 Å². The summed E-state index contributed by atoms with van der Waals surface area (Å²) in [6.45, 7) is 4.78. The van der Waals surface area contributed by atoms with Gasteiger partial charge in [-0.3, -0.25) is 14.5 Å². The Balaban J connectivity index is 0.00000461. The van der Waals surface area contributed by atoms with Gasteiger partial charge in [0.05, 0.1) is 30.9 Å². The van der Waals surface area contributed by atoms with Gasteiger partial charge in [0.2, 0.25) is 0 Å². The van der Waals surface area contributed by atoms with Gasteiger partial charge >= 0.3 is 12.1 Å². The number of hydrogen-bond donors (Lipinski definition) is 0. The first kappa shape index (κ1) is 33.7. The lowest BCUT2D eigenvalue weighted by Gasteiger charge is -2.36. The van der Waals surface area contributed by atoms with Crippen LogP contribution in [0.25, 0.3) is 10.9 Å². The van der Waals surface area contributed by atoms with Crippen LogP contribution in [0, 0.1) is 6.92 Å². The molecule has 0 bridgehead atoms. The Morgan fingerprint density at radius 3 is 2.18 bits per heavy atom. The number of anilines is 1. The van der Waals surface area contributed by atoms with E-state index in [0.29, 0.717) is 77.6 Å². The molecule has 0 radical (unpaired) electrons. The topological polar surface area (TPSA) is 73.2 Å². The van der Waals surface area contributed by atoms with Crippen LogP contribution in [0.4, 0.5) is 18.9 Å². The Labute approximate surface area is 265 Å². The highest BCUT2D eigenvalue weighted by molar-refractivity contribution is 6.17. The molecule has 0 N–H and O–H groups in total. The van der Waals surface area contributed by atoms with Crippen molar-refractivity contribution in [3.63, 3.8) is 0 Å². The Hall–Kier alpha value is -4.22. The molecule has 1 saturated heterocycles. The monoisotopic (exact) mass is 645 g/mol. The number of halogens is 4. The van der Waals surface area contributed by atoms with Gasteiger partial charge in [0.15, 0.2) is 5.78 Å². The number of benzene rings is 3. The van der Waals surface area contributed by atoms with Gasteiger partial charge in [-0.15, -0.1) is 12.4 Å². The van der Waals surface area contributed by atoms with Crippen molar-refractivity contribution < 1.29 is 37.0 Å². The van der Waals surface area contributed by atoms with Crippen LogP contribution in [0.15, 0.2) is 66.7 Å². The van der Waals surface area contributed by atoms with Crippen molar-refractivity contribution in [3.8, 4) is 11.5 Å². The molecule has 4 aromatic rings. The molecular weight excluding hydrogens is 611 g/mol. The Morgan fingerprint density at radius 1 is 0.867 bits per heavy atom. The third-order valence-electron chi connectivity index (χ3n) is 7.98. The first-order chi connectivity index (χ1) is 21.1. The van der Waals surface area contributed by atoms with Crippen LogP contribution in [0.3, 0.4) is 0 Å². The Bertz CT molecular complexity index is 1650. The van der Waals surface area contributed by atoms with E-state index in [4.69, 9.17) is 14.2 Å². The Kier molecular flexibility index (Phi) is 10.7. The van der Waals surface area contributed by atoms with Crippen LogP contribution in [0.1, 0.15) is 27.2 Å². The lowest BCUT2D eigenvalue weighted by Crippen LogP contribution is -2.47. The van der Waals surface area contributed by atoms with Gasteiger partial charge in [0.1, 0.15) is 24.7 Å². The molecule has 3 aromatic carbocycles. The number of fused-ring (bicyclic) bond motifs is 1. The number of carbonyl (C=O) groups excluding carboxylic acids is 2. The number of piperazine rings is 1. The first-order valence-corrected chi connectivity index (χ1v) is 14.2. The fourth-order valence-corrected chi connectivity index (χ4v) is 5.53. The standard InChI is InChI=1S/C33H34F3N3O5.ClH/c1-22-31(32(41)23-7-9-26(42-2)10-8-23)28-12-11-27(43-3)20-29(28)39(22)21-30(40)44-18-17-37-13-15-38(16-14-37)25-6-4-5-24(19-25)33(34,35)36;/h4-12,19-20H,13-18,21H2,1-3H3;1H. The van der Waals surface area contributed by atoms with E-state index in [9.17, 15) is 22.8 Å². The molecule has 0 spiro atoms. The van der Waals surface area contributed by atoms with E-state index in [0.717, 1.165) is 6.07 Å². The van der Waals surface area contributed by atoms with Gasteiger partial charge in [-0.05, 0) is 61.5 Å². The summed E-state index contributed by atoms with van der Waals surface area (Å²) in [6, 6.07) is 17.6. The highest BCUT2D eigenvalue weighted by Gasteiger charge is 2.31. The average molecular weight is 646 g/mol. The van der Waals surface area contributed by atoms with E-state index < -0.39 is 17.7 Å². The molecule has 8 nitrogen and oxygen atoms in total. The number of ether oxygens (including phenoxy) is 3. The molecule has 1 aliphatic rings.